The fourth-order valence-corrected chi connectivity index (χ4v) is 2.76. The average Bonchev–Trinajstić information content (AvgIpc) is 2.66. The van der Waals surface area contributed by atoms with Crippen LogP contribution in [0.3, 0.4) is 0 Å². The van der Waals surface area contributed by atoms with Crippen LogP contribution in [0.15, 0.2) is 0 Å². The number of hydrogen-bond donors (Lipinski definition) is 1. The molecule has 0 bridgehead atoms. The van der Waals surface area contributed by atoms with Crippen LogP contribution in [0.1, 0.15) is 45.5 Å². The van der Waals surface area contributed by atoms with Crippen LogP contribution in [0.25, 0.3) is 0 Å². The maximum Gasteiger partial charge on any atom is 0.0863 e. The molecular weight excluding hydrogens is 272 g/mol. The van der Waals surface area contributed by atoms with Crippen molar-refractivity contribution in [2.75, 3.05) is 19.6 Å². The van der Waals surface area contributed by atoms with Crippen molar-refractivity contribution in [3.63, 3.8) is 0 Å². The summed E-state index contributed by atoms with van der Waals surface area (Å²) in [6.45, 7) is 12.2. The normalized spacial score (nSPS) is 12.4. The third-order valence-electron chi connectivity index (χ3n) is 3.62. The number of aromatic nitrogens is 2. The zero-order valence-corrected chi connectivity index (χ0v) is 14.3. The largest absolute Gasteiger partial charge is 0.330 e. The lowest BCUT2D eigenvalue weighted by molar-refractivity contribution is 0.172. The molecule has 0 spiro atoms. The lowest BCUT2D eigenvalue weighted by atomic mass is 9.93. The predicted molar refractivity (Wildman–Crippen MR) is 86.0 cm³/mol. The zero-order valence-electron chi connectivity index (χ0n) is 13.5. The molecule has 20 heavy (non-hydrogen) atoms. The maximum atomic E-state index is 6.44. The molecule has 0 amide bonds. The number of rotatable bonds is 8. The van der Waals surface area contributed by atoms with E-state index in [9.17, 15) is 0 Å². The summed E-state index contributed by atoms with van der Waals surface area (Å²) in [5, 5.41) is 5.31. The fourth-order valence-electron chi connectivity index (χ4n) is 2.40. The van der Waals surface area contributed by atoms with Crippen molar-refractivity contribution >= 4 is 11.6 Å². The van der Waals surface area contributed by atoms with E-state index in [1.807, 2.05) is 11.7 Å². The molecule has 1 heterocycles. The molecule has 0 unspecified atom stereocenters. The second kappa shape index (κ2) is 7.43. The van der Waals surface area contributed by atoms with Crippen molar-refractivity contribution < 1.29 is 0 Å². The van der Waals surface area contributed by atoms with E-state index in [1.165, 1.54) is 0 Å². The molecule has 4 nitrogen and oxygen atoms in total. The molecule has 0 atom stereocenters. The van der Waals surface area contributed by atoms with Gasteiger partial charge in [-0.25, -0.2) is 0 Å². The molecule has 0 radical (unpaired) electrons. The summed E-state index contributed by atoms with van der Waals surface area (Å²) in [7, 11) is 1.97. The second-order valence-corrected chi connectivity index (χ2v) is 6.64. The van der Waals surface area contributed by atoms with Gasteiger partial charge in [-0.2, -0.15) is 5.10 Å². The fraction of sp³-hybridized carbons (Fsp3) is 0.800. The van der Waals surface area contributed by atoms with Gasteiger partial charge in [-0.3, -0.25) is 9.58 Å². The monoisotopic (exact) mass is 300 g/mol. The van der Waals surface area contributed by atoms with E-state index in [2.05, 4.69) is 37.7 Å². The zero-order chi connectivity index (χ0) is 15.3. The van der Waals surface area contributed by atoms with E-state index >= 15 is 0 Å². The van der Waals surface area contributed by atoms with Crippen LogP contribution < -0.4 is 5.73 Å². The highest BCUT2D eigenvalue weighted by molar-refractivity contribution is 6.31. The van der Waals surface area contributed by atoms with Gasteiger partial charge in [0.2, 0.25) is 0 Å². The van der Waals surface area contributed by atoms with Crippen molar-refractivity contribution in [3.8, 4) is 0 Å². The van der Waals surface area contributed by atoms with Gasteiger partial charge in [-0.15, -0.1) is 0 Å². The Balaban J connectivity index is 2.88. The minimum Gasteiger partial charge on any atom is -0.330 e. The molecule has 0 saturated carbocycles. The predicted octanol–water partition coefficient (Wildman–Crippen LogP) is 2.83. The summed E-state index contributed by atoms with van der Waals surface area (Å²) >= 11 is 6.44. The smallest absolute Gasteiger partial charge is 0.0863 e. The summed E-state index contributed by atoms with van der Waals surface area (Å²) in [6, 6.07) is 0. The second-order valence-electron chi connectivity index (χ2n) is 6.26. The average molecular weight is 301 g/mol. The van der Waals surface area contributed by atoms with E-state index in [-0.39, 0.29) is 5.41 Å². The standard InChI is InChI=1S/C15H29ClN4/c1-6-8-20(11-15(3,4)10-17)9-13-14(16)12(7-2)18-19(13)5/h6-11,17H2,1-5H3. The Morgan fingerprint density at radius 1 is 1.35 bits per heavy atom. The lowest BCUT2D eigenvalue weighted by Crippen LogP contribution is -2.39. The molecular formula is C15H29ClN4. The number of hydrogen-bond acceptors (Lipinski definition) is 3. The SMILES string of the molecule is CCCN(Cc1c(Cl)c(CC)nn1C)CC(C)(C)CN. The maximum absolute atomic E-state index is 6.44. The Kier molecular flexibility index (Phi) is 6.49. The summed E-state index contributed by atoms with van der Waals surface area (Å²) in [6.07, 6.45) is 1.99. The minimum absolute atomic E-state index is 0.119. The van der Waals surface area contributed by atoms with Crippen LogP contribution >= 0.6 is 11.6 Å². The van der Waals surface area contributed by atoms with Crippen LogP contribution in [-0.4, -0.2) is 34.3 Å². The Hall–Kier alpha value is -0.580. The van der Waals surface area contributed by atoms with E-state index in [4.69, 9.17) is 17.3 Å². The van der Waals surface area contributed by atoms with Gasteiger partial charge in [-0.05, 0) is 31.3 Å². The summed E-state index contributed by atoms with van der Waals surface area (Å²) in [4.78, 5) is 2.43. The highest BCUT2D eigenvalue weighted by atomic mass is 35.5. The molecule has 116 valence electrons. The number of halogens is 1. The van der Waals surface area contributed by atoms with E-state index in [0.29, 0.717) is 6.54 Å². The number of aryl methyl sites for hydroxylation is 2. The van der Waals surface area contributed by atoms with Crippen molar-refractivity contribution in [3.05, 3.63) is 16.4 Å². The highest BCUT2D eigenvalue weighted by Gasteiger charge is 2.22. The molecule has 2 N–H and O–H groups in total. The van der Waals surface area contributed by atoms with Crippen molar-refractivity contribution in [2.24, 2.45) is 18.2 Å². The molecule has 1 rings (SSSR count). The first-order valence-electron chi connectivity index (χ1n) is 7.47. The lowest BCUT2D eigenvalue weighted by Gasteiger charge is -2.31. The quantitative estimate of drug-likeness (QED) is 0.803. The Labute approximate surface area is 128 Å². The first-order chi connectivity index (χ1) is 9.34. The third kappa shape index (κ3) is 4.47. The van der Waals surface area contributed by atoms with E-state index < -0.39 is 0 Å². The summed E-state index contributed by atoms with van der Waals surface area (Å²) < 4.78 is 1.92. The molecule has 1 aromatic rings. The van der Waals surface area contributed by atoms with E-state index in [0.717, 1.165) is 48.9 Å². The first kappa shape index (κ1) is 17.5. The van der Waals surface area contributed by atoms with E-state index in [1.54, 1.807) is 0 Å². The van der Waals surface area contributed by atoms with Gasteiger partial charge in [-0.1, -0.05) is 39.3 Å². The summed E-state index contributed by atoms with van der Waals surface area (Å²) in [5.74, 6) is 0. The van der Waals surface area contributed by atoms with Crippen LogP contribution in [-0.2, 0) is 20.0 Å². The molecule has 5 heteroatoms. The van der Waals surface area contributed by atoms with Crippen LogP contribution in [0.4, 0.5) is 0 Å². The molecule has 0 aliphatic rings. The molecule has 0 aromatic carbocycles. The number of nitrogens with zero attached hydrogens (tertiary/aromatic N) is 3. The van der Waals surface area contributed by atoms with Gasteiger partial charge < -0.3 is 5.73 Å². The van der Waals surface area contributed by atoms with Gasteiger partial charge in [0.15, 0.2) is 0 Å². The van der Waals surface area contributed by atoms with Crippen molar-refractivity contribution in [1.29, 1.82) is 0 Å². The van der Waals surface area contributed by atoms with Gasteiger partial charge in [0, 0.05) is 20.1 Å². The first-order valence-corrected chi connectivity index (χ1v) is 7.85. The van der Waals surface area contributed by atoms with Gasteiger partial charge in [0.1, 0.15) is 0 Å². The highest BCUT2D eigenvalue weighted by Crippen LogP contribution is 2.24. The molecule has 0 aliphatic carbocycles. The molecule has 0 aliphatic heterocycles. The Bertz CT molecular complexity index is 426. The molecule has 0 fully saturated rings. The topological polar surface area (TPSA) is 47.1 Å². The molecule has 0 saturated heterocycles. The van der Waals surface area contributed by atoms with Crippen molar-refractivity contribution in [1.82, 2.24) is 14.7 Å². The van der Waals surface area contributed by atoms with Crippen LogP contribution in [0, 0.1) is 5.41 Å². The van der Waals surface area contributed by atoms with Crippen molar-refractivity contribution in [2.45, 2.75) is 47.1 Å². The van der Waals surface area contributed by atoms with Gasteiger partial charge in [0.25, 0.3) is 0 Å². The van der Waals surface area contributed by atoms with Crippen LogP contribution in [0.2, 0.25) is 5.02 Å². The number of nitrogens with two attached hydrogens (primary N) is 1. The molecule has 1 aromatic heterocycles. The van der Waals surface area contributed by atoms with Crippen LogP contribution in [0.5, 0.6) is 0 Å². The minimum atomic E-state index is 0.119. The Morgan fingerprint density at radius 2 is 2.00 bits per heavy atom. The van der Waals surface area contributed by atoms with Gasteiger partial charge >= 0.3 is 0 Å². The third-order valence-corrected chi connectivity index (χ3v) is 4.06. The Morgan fingerprint density at radius 3 is 2.45 bits per heavy atom. The van der Waals surface area contributed by atoms with Gasteiger partial charge in [0.05, 0.1) is 16.4 Å². The summed E-state index contributed by atoms with van der Waals surface area (Å²) in [5.41, 5.74) is 8.06.